The molecule has 0 saturated heterocycles. The van der Waals surface area contributed by atoms with Crippen LogP contribution in [0.25, 0.3) is 0 Å². The molecule has 18 heavy (non-hydrogen) atoms. The summed E-state index contributed by atoms with van der Waals surface area (Å²) in [5.41, 5.74) is -1.14. The van der Waals surface area contributed by atoms with E-state index in [1.807, 2.05) is 0 Å². The molecule has 0 fully saturated rings. The second-order valence-corrected chi connectivity index (χ2v) is 4.09. The molecule has 2 N–H and O–H groups in total. The maximum Gasteiger partial charge on any atom is 0.311 e. The molecular formula is C10H14N4O4. The first-order chi connectivity index (χ1) is 8.39. The Bertz CT molecular complexity index is 448. The van der Waals surface area contributed by atoms with Gasteiger partial charge in [0, 0.05) is 6.54 Å². The predicted octanol–water partition coefficient (Wildman–Crippen LogP) is 1.30. The SMILES string of the molecule is CCC(C)(CNc1ncc([N+](=O)[O-])cn1)C(=O)O. The molecule has 8 nitrogen and oxygen atoms in total. The van der Waals surface area contributed by atoms with Crippen LogP contribution in [-0.2, 0) is 4.79 Å². The number of aliphatic carboxylic acids is 1. The Labute approximate surface area is 103 Å². The molecule has 1 aromatic rings. The summed E-state index contributed by atoms with van der Waals surface area (Å²) in [5.74, 6) is -0.749. The van der Waals surface area contributed by atoms with Crippen LogP contribution in [0, 0.1) is 15.5 Å². The van der Waals surface area contributed by atoms with E-state index in [9.17, 15) is 14.9 Å². The smallest absolute Gasteiger partial charge is 0.311 e. The van der Waals surface area contributed by atoms with Crippen molar-refractivity contribution in [1.29, 1.82) is 0 Å². The number of aromatic nitrogens is 2. The van der Waals surface area contributed by atoms with Gasteiger partial charge in [-0.05, 0) is 13.3 Å². The van der Waals surface area contributed by atoms with Crippen molar-refractivity contribution in [3.63, 3.8) is 0 Å². The lowest BCUT2D eigenvalue weighted by Gasteiger charge is -2.22. The summed E-state index contributed by atoms with van der Waals surface area (Å²) in [6.45, 7) is 3.52. The van der Waals surface area contributed by atoms with Gasteiger partial charge in [-0.15, -0.1) is 0 Å². The highest BCUT2D eigenvalue weighted by atomic mass is 16.6. The summed E-state index contributed by atoms with van der Waals surface area (Å²) in [6, 6.07) is 0. The van der Waals surface area contributed by atoms with Crippen LogP contribution in [-0.4, -0.2) is 32.5 Å². The van der Waals surface area contributed by atoms with Gasteiger partial charge < -0.3 is 10.4 Å². The molecule has 0 aliphatic rings. The van der Waals surface area contributed by atoms with Gasteiger partial charge in [0.05, 0.1) is 10.3 Å². The van der Waals surface area contributed by atoms with Crippen LogP contribution in [0.3, 0.4) is 0 Å². The van der Waals surface area contributed by atoms with E-state index >= 15 is 0 Å². The van der Waals surface area contributed by atoms with E-state index in [1.165, 1.54) is 0 Å². The van der Waals surface area contributed by atoms with Crippen molar-refractivity contribution >= 4 is 17.6 Å². The number of hydrogen-bond donors (Lipinski definition) is 2. The zero-order valence-electron chi connectivity index (χ0n) is 10.1. The summed E-state index contributed by atoms with van der Waals surface area (Å²) in [4.78, 5) is 28.3. The largest absolute Gasteiger partial charge is 0.481 e. The highest BCUT2D eigenvalue weighted by Crippen LogP contribution is 2.21. The van der Waals surface area contributed by atoms with E-state index in [-0.39, 0.29) is 18.2 Å². The Kier molecular flexibility index (Phi) is 4.13. The first kappa shape index (κ1) is 13.8. The molecule has 0 aromatic carbocycles. The molecule has 1 unspecified atom stereocenters. The number of nitro groups is 1. The van der Waals surface area contributed by atoms with E-state index in [4.69, 9.17) is 5.11 Å². The molecule has 0 aliphatic carbocycles. The van der Waals surface area contributed by atoms with E-state index in [2.05, 4.69) is 15.3 Å². The molecule has 0 spiro atoms. The fraction of sp³-hybridized carbons (Fsp3) is 0.500. The van der Waals surface area contributed by atoms with Gasteiger partial charge >= 0.3 is 11.7 Å². The van der Waals surface area contributed by atoms with E-state index in [1.54, 1.807) is 13.8 Å². The molecule has 1 atom stereocenters. The van der Waals surface area contributed by atoms with Crippen molar-refractivity contribution in [2.75, 3.05) is 11.9 Å². The molecule has 1 rings (SSSR count). The van der Waals surface area contributed by atoms with Gasteiger partial charge in [0.25, 0.3) is 0 Å². The molecule has 1 aromatic heterocycles. The Hall–Kier alpha value is -2.25. The van der Waals surface area contributed by atoms with Gasteiger partial charge in [-0.2, -0.15) is 0 Å². The molecule has 8 heteroatoms. The lowest BCUT2D eigenvalue weighted by atomic mass is 9.88. The lowest BCUT2D eigenvalue weighted by molar-refractivity contribution is -0.385. The number of carboxylic acids is 1. The summed E-state index contributed by atoms with van der Waals surface area (Å²) in [6.07, 6.45) is 2.58. The number of carbonyl (C=O) groups is 1. The average Bonchev–Trinajstić information content (AvgIpc) is 2.36. The normalized spacial score (nSPS) is 13.7. The highest BCUT2D eigenvalue weighted by molar-refractivity contribution is 5.74. The molecule has 0 radical (unpaired) electrons. The topological polar surface area (TPSA) is 118 Å². The number of nitrogens with zero attached hydrogens (tertiary/aromatic N) is 3. The Morgan fingerprint density at radius 2 is 2.11 bits per heavy atom. The molecule has 0 aliphatic heterocycles. The fourth-order valence-electron chi connectivity index (χ4n) is 1.13. The minimum absolute atomic E-state index is 0.149. The summed E-state index contributed by atoms with van der Waals surface area (Å²) in [5, 5.41) is 22.2. The third kappa shape index (κ3) is 3.12. The van der Waals surface area contributed by atoms with Crippen LogP contribution in [0.2, 0.25) is 0 Å². The molecule has 0 bridgehead atoms. The van der Waals surface area contributed by atoms with Crippen LogP contribution in [0.1, 0.15) is 20.3 Å². The minimum Gasteiger partial charge on any atom is -0.481 e. The van der Waals surface area contributed by atoms with Crippen LogP contribution in [0.15, 0.2) is 12.4 Å². The number of hydrogen-bond acceptors (Lipinski definition) is 6. The van der Waals surface area contributed by atoms with Gasteiger partial charge in [-0.1, -0.05) is 6.92 Å². The number of rotatable bonds is 6. The van der Waals surface area contributed by atoms with Crippen molar-refractivity contribution in [2.45, 2.75) is 20.3 Å². The molecular weight excluding hydrogens is 240 g/mol. The summed E-state index contributed by atoms with van der Waals surface area (Å²) in [7, 11) is 0. The number of anilines is 1. The first-order valence-electron chi connectivity index (χ1n) is 5.33. The zero-order valence-corrected chi connectivity index (χ0v) is 10.1. The van der Waals surface area contributed by atoms with E-state index in [0.717, 1.165) is 12.4 Å². The maximum absolute atomic E-state index is 11.0. The minimum atomic E-state index is -0.925. The van der Waals surface area contributed by atoms with Gasteiger partial charge in [-0.3, -0.25) is 14.9 Å². The third-order valence-corrected chi connectivity index (χ3v) is 2.78. The van der Waals surface area contributed by atoms with Crippen LogP contribution < -0.4 is 5.32 Å². The zero-order chi connectivity index (χ0) is 13.8. The van der Waals surface area contributed by atoms with Gasteiger partial charge in [-0.25, -0.2) is 9.97 Å². The summed E-state index contributed by atoms with van der Waals surface area (Å²) < 4.78 is 0. The quantitative estimate of drug-likeness (QED) is 0.580. The van der Waals surface area contributed by atoms with Crippen LogP contribution in [0.5, 0.6) is 0 Å². The first-order valence-corrected chi connectivity index (χ1v) is 5.33. The van der Waals surface area contributed by atoms with Crippen LogP contribution in [0.4, 0.5) is 11.6 Å². The van der Waals surface area contributed by atoms with Gasteiger partial charge in [0.15, 0.2) is 0 Å². The average molecular weight is 254 g/mol. The second kappa shape index (κ2) is 5.39. The summed E-state index contributed by atoms with van der Waals surface area (Å²) >= 11 is 0. The maximum atomic E-state index is 11.0. The Morgan fingerprint density at radius 1 is 1.56 bits per heavy atom. The molecule has 0 saturated carbocycles. The monoisotopic (exact) mass is 254 g/mol. The highest BCUT2D eigenvalue weighted by Gasteiger charge is 2.31. The fourth-order valence-corrected chi connectivity index (χ4v) is 1.13. The molecule has 1 heterocycles. The lowest BCUT2D eigenvalue weighted by Crippen LogP contribution is -2.34. The molecule has 98 valence electrons. The van der Waals surface area contributed by atoms with Gasteiger partial charge in [0.2, 0.25) is 5.95 Å². The van der Waals surface area contributed by atoms with E-state index in [0.29, 0.717) is 6.42 Å². The van der Waals surface area contributed by atoms with Crippen molar-refractivity contribution in [2.24, 2.45) is 5.41 Å². The third-order valence-electron chi connectivity index (χ3n) is 2.78. The Morgan fingerprint density at radius 3 is 2.50 bits per heavy atom. The standard InChI is InChI=1S/C10H14N4O4/c1-3-10(2,8(15)16)6-13-9-11-4-7(5-12-9)14(17)18/h4-5H,3,6H2,1-2H3,(H,15,16)(H,11,12,13). The van der Waals surface area contributed by atoms with Crippen molar-refractivity contribution in [3.8, 4) is 0 Å². The van der Waals surface area contributed by atoms with E-state index < -0.39 is 16.3 Å². The van der Waals surface area contributed by atoms with Gasteiger partial charge in [0.1, 0.15) is 12.4 Å². The van der Waals surface area contributed by atoms with Crippen molar-refractivity contribution in [3.05, 3.63) is 22.5 Å². The number of nitrogens with one attached hydrogen (secondary N) is 1. The van der Waals surface area contributed by atoms with Crippen LogP contribution >= 0.6 is 0 Å². The predicted molar refractivity (Wildman–Crippen MR) is 63.2 cm³/mol. The second-order valence-electron chi connectivity index (χ2n) is 4.09. The van der Waals surface area contributed by atoms with Crippen molar-refractivity contribution < 1.29 is 14.8 Å². The number of carboxylic acid groups (broad SMARTS) is 1. The van der Waals surface area contributed by atoms with Crippen molar-refractivity contribution in [1.82, 2.24) is 9.97 Å². The molecule has 0 amide bonds. The Balaban J connectivity index is 2.69.